The number of hydrogen-bond donors (Lipinski definition) is 2. The van der Waals surface area contributed by atoms with Gasteiger partial charge in [0.25, 0.3) is 5.69 Å². The maximum absolute atomic E-state index is 10.9. The fraction of sp³-hybridized carbons (Fsp3) is 0.500. The molecule has 7 heteroatoms. The Morgan fingerprint density at radius 1 is 1.38 bits per heavy atom. The first-order chi connectivity index (χ1) is 9.88. The van der Waals surface area contributed by atoms with Crippen LogP contribution in [0.25, 0.3) is 0 Å². The Morgan fingerprint density at radius 2 is 2.00 bits per heavy atom. The van der Waals surface area contributed by atoms with Crippen molar-refractivity contribution < 1.29 is 14.8 Å². The molecule has 114 valence electrons. The number of nitrogens with one attached hydrogen (secondary N) is 1. The van der Waals surface area contributed by atoms with Gasteiger partial charge in [0.2, 0.25) is 0 Å². The van der Waals surface area contributed by atoms with E-state index in [4.69, 9.17) is 16.7 Å². The van der Waals surface area contributed by atoms with Crippen molar-refractivity contribution in [3.05, 3.63) is 32.8 Å². The molecule has 0 unspecified atom stereocenters. The zero-order valence-corrected chi connectivity index (χ0v) is 12.4. The van der Waals surface area contributed by atoms with Crippen LogP contribution in [0.15, 0.2) is 12.1 Å². The molecule has 6 nitrogen and oxygen atoms in total. The van der Waals surface area contributed by atoms with Gasteiger partial charge in [-0.1, -0.05) is 11.6 Å². The van der Waals surface area contributed by atoms with Gasteiger partial charge >= 0.3 is 5.97 Å². The summed E-state index contributed by atoms with van der Waals surface area (Å²) in [6.07, 6.45) is 2.78. The van der Waals surface area contributed by atoms with Crippen LogP contribution in [0.3, 0.4) is 0 Å². The molecule has 1 fully saturated rings. The quantitative estimate of drug-likeness (QED) is 0.654. The number of benzene rings is 1. The van der Waals surface area contributed by atoms with E-state index >= 15 is 0 Å². The molecule has 0 bridgehead atoms. The lowest BCUT2D eigenvalue weighted by Crippen LogP contribution is -2.29. The highest BCUT2D eigenvalue weighted by Gasteiger charge is 2.26. The van der Waals surface area contributed by atoms with Gasteiger partial charge in [0.15, 0.2) is 0 Å². The summed E-state index contributed by atoms with van der Waals surface area (Å²) in [5.74, 6) is -1.01. The fourth-order valence-electron chi connectivity index (χ4n) is 2.70. The molecule has 0 atom stereocenters. The lowest BCUT2D eigenvalue weighted by molar-refractivity contribution is -0.384. The number of nitro benzene ring substituents is 1. The number of hydrogen-bond acceptors (Lipinski definition) is 4. The number of aliphatic carboxylic acids is 1. The molecular weight excluding hydrogens is 296 g/mol. The summed E-state index contributed by atoms with van der Waals surface area (Å²) in [5.41, 5.74) is 1.38. The fourth-order valence-corrected chi connectivity index (χ4v) is 3.02. The SMILES string of the molecule is Cc1cc([N+](=O)[O-])cc(Cl)c1NC1CCC(C(=O)O)CC1. The van der Waals surface area contributed by atoms with Crippen molar-refractivity contribution in [2.75, 3.05) is 5.32 Å². The summed E-state index contributed by atoms with van der Waals surface area (Å²) in [6.45, 7) is 1.77. The third kappa shape index (κ3) is 3.64. The van der Waals surface area contributed by atoms with Crippen molar-refractivity contribution in [1.29, 1.82) is 0 Å². The van der Waals surface area contributed by atoms with E-state index in [1.807, 2.05) is 0 Å². The predicted octanol–water partition coefficient (Wildman–Crippen LogP) is 3.61. The number of nitro groups is 1. The summed E-state index contributed by atoms with van der Waals surface area (Å²) >= 11 is 6.12. The van der Waals surface area contributed by atoms with E-state index in [0.717, 1.165) is 18.4 Å². The van der Waals surface area contributed by atoms with Crippen LogP contribution >= 0.6 is 11.6 Å². The first kappa shape index (κ1) is 15.6. The standard InChI is InChI=1S/C14H17ClN2O4/c1-8-6-11(17(20)21)7-12(15)13(8)16-10-4-2-9(3-5-10)14(18)19/h6-7,9-10,16H,2-5H2,1H3,(H,18,19). The zero-order valence-electron chi connectivity index (χ0n) is 11.6. The number of aryl methyl sites for hydroxylation is 1. The molecule has 0 aliphatic heterocycles. The number of carboxylic acids is 1. The van der Waals surface area contributed by atoms with Gasteiger partial charge in [-0.2, -0.15) is 0 Å². The maximum atomic E-state index is 10.9. The van der Waals surface area contributed by atoms with Crippen LogP contribution in [0, 0.1) is 23.0 Å². The van der Waals surface area contributed by atoms with Crippen LogP contribution in [0.2, 0.25) is 5.02 Å². The maximum Gasteiger partial charge on any atom is 0.306 e. The molecule has 2 N–H and O–H groups in total. The molecule has 0 spiro atoms. The van der Waals surface area contributed by atoms with Crippen LogP contribution in [0.1, 0.15) is 31.2 Å². The molecule has 1 aliphatic rings. The van der Waals surface area contributed by atoms with E-state index in [1.165, 1.54) is 12.1 Å². The average molecular weight is 313 g/mol. The molecule has 0 saturated heterocycles. The first-order valence-corrected chi connectivity index (χ1v) is 7.20. The molecule has 0 heterocycles. The lowest BCUT2D eigenvalue weighted by atomic mass is 9.86. The molecule has 2 rings (SSSR count). The van der Waals surface area contributed by atoms with Gasteiger partial charge in [-0.3, -0.25) is 14.9 Å². The molecule has 1 aliphatic carbocycles. The summed E-state index contributed by atoms with van der Waals surface area (Å²) in [6, 6.07) is 2.97. The third-order valence-electron chi connectivity index (χ3n) is 3.91. The Balaban J connectivity index is 2.07. The Kier molecular flexibility index (Phi) is 4.67. The summed E-state index contributed by atoms with van der Waals surface area (Å²) < 4.78 is 0. The number of non-ortho nitro benzene ring substituents is 1. The van der Waals surface area contributed by atoms with Crippen molar-refractivity contribution in [3.63, 3.8) is 0 Å². The average Bonchev–Trinajstić information content (AvgIpc) is 2.43. The van der Waals surface area contributed by atoms with Gasteiger partial charge in [-0.25, -0.2) is 0 Å². The molecule has 1 aromatic carbocycles. The normalized spacial score (nSPS) is 21.8. The highest BCUT2D eigenvalue weighted by molar-refractivity contribution is 6.33. The molecular formula is C14H17ClN2O4. The smallest absolute Gasteiger partial charge is 0.306 e. The summed E-state index contributed by atoms with van der Waals surface area (Å²) in [7, 11) is 0. The Hall–Kier alpha value is -1.82. The molecule has 1 saturated carbocycles. The topological polar surface area (TPSA) is 92.5 Å². The minimum Gasteiger partial charge on any atom is -0.481 e. The van der Waals surface area contributed by atoms with E-state index in [1.54, 1.807) is 6.92 Å². The predicted molar refractivity (Wildman–Crippen MR) is 79.8 cm³/mol. The van der Waals surface area contributed by atoms with Crippen LogP contribution in [0.4, 0.5) is 11.4 Å². The Labute approximate surface area is 127 Å². The van der Waals surface area contributed by atoms with Gasteiger partial charge in [0.05, 0.1) is 21.6 Å². The highest BCUT2D eigenvalue weighted by atomic mass is 35.5. The van der Waals surface area contributed by atoms with Gasteiger partial charge in [0.1, 0.15) is 0 Å². The van der Waals surface area contributed by atoms with Crippen LogP contribution in [0.5, 0.6) is 0 Å². The second kappa shape index (κ2) is 6.30. The highest BCUT2D eigenvalue weighted by Crippen LogP contribution is 2.34. The number of carbonyl (C=O) groups is 1. The largest absolute Gasteiger partial charge is 0.481 e. The first-order valence-electron chi connectivity index (χ1n) is 6.82. The zero-order chi connectivity index (χ0) is 15.6. The molecule has 21 heavy (non-hydrogen) atoms. The van der Waals surface area contributed by atoms with Crippen molar-refractivity contribution in [2.24, 2.45) is 5.92 Å². The van der Waals surface area contributed by atoms with E-state index in [0.29, 0.717) is 23.6 Å². The van der Waals surface area contributed by atoms with Gasteiger partial charge in [-0.05, 0) is 38.2 Å². The van der Waals surface area contributed by atoms with E-state index in [2.05, 4.69) is 5.32 Å². The minimum atomic E-state index is -0.738. The number of nitrogens with zero attached hydrogens (tertiary/aromatic N) is 1. The number of carboxylic acid groups (broad SMARTS) is 1. The molecule has 0 radical (unpaired) electrons. The summed E-state index contributed by atoms with van der Waals surface area (Å²) in [4.78, 5) is 21.2. The van der Waals surface area contributed by atoms with Gasteiger partial charge < -0.3 is 10.4 Å². The molecule has 0 amide bonds. The van der Waals surface area contributed by atoms with Gasteiger partial charge in [-0.15, -0.1) is 0 Å². The number of anilines is 1. The second-order valence-electron chi connectivity index (χ2n) is 5.41. The Morgan fingerprint density at radius 3 is 2.48 bits per heavy atom. The lowest BCUT2D eigenvalue weighted by Gasteiger charge is -2.28. The van der Waals surface area contributed by atoms with E-state index in [-0.39, 0.29) is 17.6 Å². The Bertz CT molecular complexity index is 545. The monoisotopic (exact) mass is 312 g/mol. The van der Waals surface area contributed by atoms with Crippen molar-refractivity contribution in [2.45, 2.75) is 38.6 Å². The van der Waals surface area contributed by atoms with Crippen molar-refractivity contribution >= 4 is 28.9 Å². The van der Waals surface area contributed by atoms with Crippen LogP contribution in [-0.2, 0) is 4.79 Å². The second-order valence-corrected chi connectivity index (χ2v) is 5.81. The van der Waals surface area contributed by atoms with Crippen molar-refractivity contribution in [1.82, 2.24) is 0 Å². The van der Waals surface area contributed by atoms with Crippen LogP contribution in [-0.4, -0.2) is 22.0 Å². The number of halogens is 1. The van der Waals surface area contributed by atoms with Crippen LogP contribution < -0.4 is 5.32 Å². The summed E-state index contributed by atoms with van der Waals surface area (Å²) in [5, 5.41) is 23.4. The van der Waals surface area contributed by atoms with Crippen molar-refractivity contribution in [3.8, 4) is 0 Å². The van der Waals surface area contributed by atoms with Gasteiger partial charge in [0, 0.05) is 18.2 Å². The minimum absolute atomic E-state index is 0.0300. The van der Waals surface area contributed by atoms with E-state index < -0.39 is 10.9 Å². The van der Waals surface area contributed by atoms with E-state index in [9.17, 15) is 14.9 Å². The molecule has 1 aromatic rings. The number of rotatable bonds is 4. The third-order valence-corrected chi connectivity index (χ3v) is 4.21. The molecule has 0 aromatic heterocycles.